The number of hydrogen-bond acceptors (Lipinski definition) is 4. The van der Waals surface area contributed by atoms with E-state index in [-0.39, 0.29) is 17.0 Å². The Labute approximate surface area is 187 Å². The van der Waals surface area contributed by atoms with Crippen LogP contribution in [0.15, 0.2) is 42.2 Å². The highest BCUT2D eigenvalue weighted by Gasteiger charge is 2.54. The first kappa shape index (κ1) is 23.6. The minimum Gasteiger partial charge on any atom is -0.547 e. The van der Waals surface area contributed by atoms with E-state index < -0.39 is 19.8 Å². The molecule has 5 nitrogen and oxygen atoms in total. The van der Waals surface area contributed by atoms with Gasteiger partial charge in [-0.2, -0.15) is 0 Å². The highest BCUT2D eigenvalue weighted by atomic mass is 28.4. The van der Waals surface area contributed by atoms with Gasteiger partial charge in [0.2, 0.25) is 8.32 Å². The summed E-state index contributed by atoms with van der Waals surface area (Å²) < 4.78 is 11.9. The van der Waals surface area contributed by atoms with E-state index in [4.69, 9.17) is 9.16 Å². The zero-order chi connectivity index (χ0) is 22.9. The number of allylic oxidation sites excluding steroid dienone is 1. The molecular weight excluding hydrogens is 406 g/mol. The van der Waals surface area contributed by atoms with Crippen LogP contribution in [0.2, 0.25) is 18.1 Å². The Morgan fingerprint density at radius 3 is 2.52 bits per heavy atom. The Morgan fingerprint density at radius 1 is 1.26 bits per heavy atom. The molecule has 0 saturated heterocycles. The number of aldehydes is 1. The lowest BCUT2D eigenvalue weighted by molar-refractivity contribution is -0.122. The van der Waals surface area contributed by atoms with Crippen molar-refractivity contribution in [2.75, 3.05) is 7.11 Å². The van der Waals surface area contributed by atoms with Crippen LogP contribution in [0.4, 0.5) is 4.79 Å². The maximum Gasteiger partial charge on any atom is 0.410 e. The molecular formula is C25H37NO4Si. The van der Waals surface area contributed by atoms with Crippen molar-refractivity contribution in [3.63, 3.8) is 0 Å². The van der Waals surface area contributed by atoms with Crippen LogP contribution in [-0.4, -0.2) is 38.7 Å². The standard InChI is InChI=1S/C25H37NO4Si/c1-24(2,3)31(5,6)30-21-15-20-13-10-14-25(20,18-27)22(16-21)26(23(28)29-4)17-19-11-8-7-9-12-19/h7-9,11-12,16,18,20,22H,10,13-15,17H2,1-6H3/t20-,22-,25+/m0/s1. The predicted octanol–water partition coefficient (Wildman–Crippen LogP) is 5.92. The van der Waals surface area contributed by atoms with Crippen molar-refractivity contribution in [2.24, 2.45) is 11.3 Å². The van der Waals surface area contributed by atoms with Gasteiger partial charge < -0.3 is 14.0 Å². The Kier molecular flexibility index (Phi) is 6.70. The van der Waals surface area contributed by atoms with E-state index in [0.717, 1.165) is 43.3 Å². The second-order valence-electron chi connectivity index (χ2n) is 10.5. The van der Waals surface area contributed by atoms with Crippen molar-refractivity contribution >= 4 is 20.7 Å². The van der Waals surface area contributed by atoms with Crippen LogP contribution in [0, 0.1) is 11.3 Å². The number of fused-ring (bicyclic) bond motifs is 1. The molecule has 2 aliphatic carbocycles. The second-order valence-corrected chi connectivity index (χ2v) is 15.3. The number of amides is 1. The van der Waals surface area contributed by atoms with Gasteiger partial charge in [-0.1, -0.05) is 57.5 Å². The van der Waals surface area contributed by atoms with Crippen molar-refractivity contribution in [3.05, 3.63) is 47.7 Å². The molecule has 2 aliphatic rings. The molecule has 0 N–H and O–H groups in total. The lowest BCUT2D eigenvalue weighted by atomic mass is 9.67. The topological polar surface area (TPSA) is 55.8 Å². The van der Waals surface area contributed by atoms with Gasteiger partial charge in [0, 0.05) is 13.0 Å². The van der Waals surface area contributed by atoms with Crippen molar-refractivity contribution < 1.29 is 18.8 Å². The van der Waals surface area contributed by atoms with E-state index in [0.29, 0.717) is 6.54 Å². The quantitative estimate of drug-likeness (QED) is 0.405. The molecule has 0 radical (unpaired) electrons. The molecule has 0 bridgehead atoms. The molecule has 1 saturated carbocycles. The summed E-state index contributed by atoms with van der Waals surface area (Å²) >= 11 is 0. The van der Waals surface area contributed by atoms with E-state index in [1.165, 1.54) is 7.11 Å². The molecule has 6 heteroatoms. The smallest absolute Gasteiger partial charge is 0.410 e. The largest absolute Gasteiger partial charge is 0.547 e. The van der Waals surface area contributed by atoms with Gasteiger partial charge in [0.15, 0.2) is 0 Å². The predicted molar refractivity (Wildman–Crippen MR) is 125 cm³/mol. The number of nitrogens with zero attached hydrogens (tertiary/aromatic N) is 1. The van der Waals surface area contributed by atoms with Gasteiger partial charge in [0.25, 0.3) is 0 Å². The fraction of sp³-hybridized carbons (Fsp3) is 0.600. The van der Waals surface area contributed by atoms with Gasteiger partial charge >= 0.3 is 6.09 Å². The molecule has 1 aromatic carbocycles. The van der Waals surface area contributed by atoms with Crippen LogP contribution in [-0.2, 0) is 20.5 Å². The molecule has 3 atom stereocenters. The van der Waals surface area contributed by atoms with Crippen LogP contribution in [0.25, 0.3) is 0 Å². The third-order valence-corrected chi connectivity index (χ3v) is 12.0. The van der Waals surface area contributed by atoms with Gasteiger partial charge in [-0.25, -0.2) is 4.79 Å². The third kappa shape index (κ3) is 4.59. The summed E-state index contributed by atoms with van der Waals surface area (Å²) in [6.45, 7) is 11.5. The van der Waals surface area contributed by atoms with Gasteiger partial charge in [-0.3, -0.25) is 4.90 Å². The van der Waals surface area contributed by atoms with Gasteiger partial charge in [0.1, 0.15) is 6.29 Å². The highest BCUT2D eigenvalue weighted by molar-refractivity contribution is 6.74. The SMILES string of the molecule is COC(=O)N(Cc1ccccc1)[C@H]1C=C(O[Si](C)(C)C(C)(C)C)C[C@@H]2CCC[C@@]21C=O. The summed E-state index contributed by atoms with van der Waals surface area (Å²) in [6, 6.07) is 9.49. The maximum absolute atomic E-state index is 12.9. The fourth-order valence-corrected chi connectivity index (χ4v) is 5.90. The molecule has 1 aromatic rings. The van der Waals surface area contributed by atoms with Gasteiger partial charge in [-0.05, 0) is 48.5 Å². The molecule has 1 amide bonds. The van der Waals surface area contributed by atoms with Crippen LogP contribution in [0.3, 0.4) is 0 Å². The second kappa shape index (κ2) is 8.81. The van der Waals surface area contributed by atoms with E-state index in [1.54, 1.807) is 4.90 Å². The van der Waals surface area contributed by atoms with Crippen LogP contribution < -0.4 is 0 Å². The zero-order valence-electron chi connectivity index (χ0n) is 19.8. The van der Waals surface area contributed by atoms with Crippen LogP contribution >= 0.6 is 0 Å². The number of hydrogen-bond donors (Lipinski definition) is 0. The molecule has 1 fully saturated rings. The summed E-state index contributed by atoms with van der Waals surface area (Å²) in [4.78, 5) is 27.2. The molecule has 3 rings (SSSR count). The first-order valence-corrected chi connectivity index (χ1v) is 14.2. The van der Waals surface area contributed by atoms with E-state index in [1.807, 2.05) is 30.3 Å². The summed E-state index contributed by atoms with van der Waals surface area (Å²) in [5.41, 5.74) is 0.429. The van der Waals surface area contributed by atoms with E-state index >= 15 is 0 Å². The lowest BCUT2D eigenvalue weighted by Crippen LogP contribution is -2.54. The summed E-state index contributed by atoms with van der Waals surface area (Å²) in [5, 5.41) is 0.0737. The molecule has 0 unspecified atom stereocenters. The van der Waals surface area contributed by atoms with Crippen molar-refractivity contribution in [1.29, 1.82) is 0 Å². The molecule has 0 aromatic heterocycles. The Balaban J connectivity index is 2.04. The first-order chi connectivity index (χ1) is 14.5. The monoisotopic (exact) mass is 443 g/mol. The molecule has 170 valence electrons. The number of methoxy groups -OCH3 is 1. The summed E-state index contributed by atoms with van der Waals surface area (Å²) in [7, 11) is -0.634. The summed E-state index contributed by atoms with van der Waals surface area (Å²) in [6.07, 6.45) is 6.27. The van der Waals surface area contributed by atoms with Crippen LogP contribution in [0.5, 0.6) is 0 Å². The normalized spacial score (nSPS) is 25.9. The molecule has 0 aliphatic heterocycles. The number of benzene rings is 1. The van der Waals surface area contributed by atoms with Gasteiger partial charge in [-0.15, -0.1) is 0 Å². The van der Waals surface area contributed by atoms with Crippen LogP contribution in [0.1, 0.15) is 52.0 Å². The Hall–Kier alpha value is -2.08. The lowest BCUT2D eigenvalue weighted by Gasteiger charge is -2.47. The Morgan fingerprint density at radius 2 is 1.94 bits per heavy atom. The average Bonchev–Trinajstić information content (AvgIpc) is 3.14. The molecule has 31 heavy (non-hydrogen) atoms. The zero-order valence-corrected chi connectivity index (χ0v) is 20.8. The van der Waals surface area contributed by atoms with Crippen molar-refractivity contribution in [2.45, 2.75) is 77.2 Å². The minimum atomic E-state index is -2.04. The van der Waals surface area contributed by atoms with Crippen molar-refractivity contribution in [3.8, 4) is 0 Å². The number of carbonyl (C=O) groups excluding carboxylic acids is 2. The molecule has 0 spiro atoms. The van der Waals surface area contributed by atoms with E-state index in [9.17, 15) is 9.59 Å². The maximum atomic E-state index is 12.9. The average molecular weight is 444 g/mol. The minimum absolute atomic E-state index is 0.0737. The number of rotatable bonds is 6. The summed E-state index contributed by atoms with van der Waals surface area (Å²) in [5.74, 6) is 1.12. The third-order valence-electron chi connectivity index (χ3n) is 7.62. The number of ether oxygens (including phenoxy) is 1. The van der Waals surface area contributed by atoms with Crippen molar-refractivity contribution in [1.82, 2.24) is 4.90 Å². The number of carbonyl (C=O) groups is 2. The highest BCUT2D eigenvalue weighted by Crippen LogP contribution is 2.53. The van der Waals surface area contributed by atoms with Gasteiger partial charge in [0.05, 0.1) is 24.3 Å². The Bertz CT molecular complexity index is 830. The fourth-order valence-electron chi connectivity index (χ4n) is 4.79. The first-order valence-electron chi connectivity index (χ1n) is 11.3. The molecule has 0 heterocycles. The van der Waals surface area contributed by atoms with E-state index in [2.05, 4.69) is 39.9 Å².